The lowest BCUT2D eigenvalue weighted by atomic mass is 10.1. The number of nitrogens with one attached hydrogen (secondary N) is 1. The van der Waals surface area contributed by atoms with E-state index in [9.17, 15) is 20.2 Å². The van der Waals surface area contributed by atoms with Crippen LogP contribution in [0.2, 0.25) is 10.0 Å². The number of hydrogen-bond donors (Lipinski definition) is 1. The fraction of sp³-hybridized carbons (Fsp3) is 0.125. The van der Waals surface area contributed by atoms with Gasteiger partial charge in [0.15, 0.2) is 11.5 Å². The summed E-state index contributed by atoms with van der Waals surface area (Å²) < 4.78 is 18.2. The van der Waals surface area contributed by atoms with E-state index in [1.54, 1.807) is 66.7 Å². The van der Waals surface area contributed by atoms with Gasteiger partial charge in [-0.25, -0.2) is 0 Å². The number of non-ortho nitro benzene ring substituents is 1. The number of nitro benzene ring substituents is 1. The monoisotopic (exact) mass is 743 g/mol. The largest absolute Gasteiger partial charge is 0.490 e. The highest BCUT2D eigenvalue weighted by Gasteiger charge is 2.15. The predicted octanol–water partition coefficient (Wildman–Crippen LogP) is 8.61. The summed E-state index contributed by atoms with van der Waals surface area (Å²) in [7, 11) is 0. The van der Waals surface area contributed by atoms with Crippen LogP contribution in [0.3, 0.4) is 0 Å². The second-order valence-corrected chi connectivity index (χ2v) is 11.2. The molecule has 0 aliphatic rings. The number of carbonyl (C=O) groups is 1. The minimum atomic E-state index is -0.583. The van der Waals surface area contributed by atoms with E-state index in [1.165, 1.54) is 18.2 Å². The zero-order valence-electron chi connectivity index (χ0n) is 23.2. The molecule has 0 saturated heterocycles. The molecule has 9 nitrogen and oxygen atoms in total. The number of nitrogens with zero attached hydrogens (tertiary/aromatic N) is 2. The third-order valence-electron chi connectivity index (χ3n) is 6.06. The van der Waals surface area contributed by atoms with Crippen LogP contribution >= 0.6 is 45.8 Å². The number of benzene rings is 4. The molecule has 0 radical (unpaired) electrons. The van der Waals surface area contributed by atoms with E-state index in [-0.39, 0.29) is 24.5 Å². The fourth-order valence-electron chi connectivity index (χ4n) is 3.89. The Hall–Kier alpha value is -4.31. The van der Waals surface area contributed by atoms with Gasteiger partial charge in [0.1, 0.15) is 30.6 Å². The molecule has 0 saturated carbocycles. The first-order valence-corrected chi connectivity index (χ1v) is 14.9. The number of amides is 1. The number of ether oxygens (including phenoxy) is 3. The van der Waals surface area contributed by atoms with Crippen LogP contribution in [-0.2, 0) is 18.0 Å². The summed E-state index contributed by atoms with van der Waals surface area (Å²) in [6, 6.07) is 23.4. The van der Waals surface area contributed by atoms with Crippen molar-refractivity contribution >= 4 is 69.2 Å². The Morgan fingerprint density at radius 2 is 1.73 bits per heavy atom. The Balaban J connectivity index is 1.43. The highest BCUT2D eigenvalue weighted by Crippen LogP contribution is 2.36. The summed E-state index contributed by atoms with van der Waals surface area (Å²) in [4.78, 5) is 23.4. The fourth-order valence-corrected chi connectivity index (χ4v) is 5.14. The summed E-state index contributed by atoms with van der Waals surface area (Å²) in [5, 5.41) is 24.4. The van der Waals surface area contributed by atoms with Crippen molar-refractivity contribution < 1.29 is 23.9 Å². The highest BCUT2D eigenvalue weighted by atomic mass is 127. The molecule has 0 unspecified atom stereocenters. The standard InChI is InChI=1S/C32H24Cl2IN3O6/c1-2-42-30-15-21(14-29(35)31(30)44-18-20-3-9-26(10-4-20)38(40)41)13-23(17-36)32(39)37-25-7-11-27(12-8-25)43-19-22-5-6-24(33)16-28(22)34/h3-16H,2,18-19H2,1H3,(H,37,39)/b23-13+. The normalized spacial score (nSPS) is 10.9. The van der Waals surface area contributed by atoms with E-state index >= 15 is 0 Å². The quantitative estimate of drug-likeness (QED) is 0.0507. The van der Waals surface area contributed by atoms with Gasteiger partial charge < -0.3 is 19.5 Å². The lowest BCUT2D eigenvalue weighted by Crippen LogP contribution is -2.13. The Bertz CT molecular complexity index is 1740. The van der Waals surface area contributed by atoms with Crippen molar-refractivity contribution in [3.63, 3.8) is 0 Å². The first kappa shape index (κ1) is 32.6. The smallest absolute Gasteiger partial charge is 0.269 e. The number of hydrogen-bond acceptors (Lipinski definition) is 7. The molecule has 224 valence electrons. The van der Waals surface area contributed by atoms with Crippen LogP contribution in [0.5, 0.6) is 17.2 Å². The maximum atomic E-state index is 12.9. The summed E-state index contributed by atoms with van der Waals surface area (Å²) in [6.07, 6.45) is 1.47. The number of nitriles is 1. The molecular formula is C32H24Cl2IN3O6. The molecule has 0 aromatic heterocycles. The molecule has 12 heteroatoms. The summed E-state index contributed by atoms with van der Waals surface area (Å²) in [6.45, 7) is 2.59. The van der Waals surface area contributed by atoms with Crippen LogP contribution in [0.25, 0.3) is 6.08 Å². The van der Waals surface area contributed by atoms with Crippen LogP contribution in [0.15, 0.2) is 84.4 Å². The predicted molar refractivity (Wildman–Crippen MR) is 177 cm³/mol. The minimum Gasteiger partial charge on any atom is -0.490 e. The average Bonchev–Trinajstić information content (AvgIpc) is 3.00. The van der Waals surface area contributed by atoms with Crippen molar-refractivity contribution in [1.82, 2.24) is 0 Å². The Morgan fingerprint density at radius 1 is 1.00 bits per heavy atom. The second kappa shape index (κ2) is 15.4. The molecule has 0 bridgehead atoms. The van der Waals surface area contributed by atoms with Crippen LogP contribution in [0, 0.1) is 25.0 Å². The topological polar surface area (TPSA) is 124 Å². The van der Waals surface area contributed by atoms with E-state index in [0.29, 0.717) is 48.7 Å². The maximum Gasteiger partial charge on any atom is 0.269 e. The Morgan fingerprint density at radius 3 is 2.36 bits per heavy atom. The third-order valence-corrected chi connectivity index (χ3v) is 7.45. The van der Waals surface area contributed by atoms with Crippen molar-refractivity contribution in [2.75, 3.05) is 11.9 Å². The Kier molecular flexibility index (Phi) is 11.4. The van der Waals surface area contributed by atoms with Crippen molar-refractivity contribution in [2.24, 2.45) is 0 Å². The molecule has 0 aliphatic carbocycles. The SMILES string of the molecule is CCOc1cc(/C=C(\C#N)C(=O)Nc2ccc(OCc3ccc(Cl)cc3Cl)cc2)cc(I)c1OCc1ccc([N+](=O)[O-])cc1. The lowest BCUT2D eigenvalue weighted by Gasteiger charge is -2.15. The number of nitro groups is 1. The molecule has 1 amide bonds. The van der Waals surface area contributed by atoms with Gasteiger partial charge in [0.25, 0.3) is 11.6 Å². The number of anilines is 1. The molecule has 4 aromatic rings. The molecule has 44 heavy (non-hydrogen) atoms. The van der Waals surface area contributed by atoms with Crippen LogP contribution in [0.1, 0.15) is 23.6 Å². The van der Waals surface area contributed by atoms with Crippen LogP contribution in [0.4, 0.5) is 11.4 Å². The van der Waals surface area contributed by atoms with Crippen molar-refractivity contribution in [2.45, 2.75) is 20.1 Å². The van der Waals surface area contributed by atoms with Gasteiger partial charge in [0.05, 0.1) is 15.1 Å². The van der Waals surface area contributed by atoms with Gasteiger partial charge >= 0.3 is 0 Å². The van der Waals surface area contributed by atoms with E-state index in [2.05, 4.69) is 27.9 Å². The van der Waals surface area contributed by atoms with Gasteiger partial charge in [-0.05, 0) is 107 Å². The molecule has 1 N–H and O–H groups in total. The van der Waals surface area contributed by atoms with Crippen LogP contribution < -0.4 is 19.5 Å². The van der Waals surface area contributed by atoms with E-state index < -0.39 is 10.8 Å². The number of rotatable bonds is 12. The maximum absolute atomic E-state index is 12.9. The van der Waals surface area contributed by atoms with Crippen molar-refractivity contribution in [3.05, 3.63) is 125 Å². The summed E-state index contributed by atoms with van der Waals surface area (Å²) in [5.74, 6) is 0.895. The van der Waals surface area contributed by atoms with Gasteiger partial charge in [0.2, 0.25) is 0 Å². The van der Waals surface area contributed by atoms with Gasteiger partial charge in [0, 0.05) is 33.4 Å². The lowest BCUT2D eigenvalue weighted by molar-refractivity contribution is -0.384. The van der Waals surface area contributed by atoms with E-state index in [4.69, 9.17) is 37.4 Å². The van der Waals surface area contributed by atoms with Gasteiger partial charge in [-0.1, -0.05) is 29.3 Å². The molecule has 0 heterocycles. The average molecular weight is 744 g/mol. The summed E-state index contributed by atoms with van der Waals surface area (Å²) >= 11 is 14.2. The highest BCUT2D eigenvalue weighted by molar-refractivity contribution is 14.1. The molecular weight excluding hydrogens is 720 g/mol. The van der Waals surface area contributed by atoms with Gasteiger partial charge in [-0.3, -0.25) is 14.9 Å². The number of halogens is 3. The Labute approximate surface area is 277 Å². The first-order valence-electron chi connectivity index (χ1n) is 13.1. The molecule has 4 rings (SSSR count). The molecule has 0 fully saturated rings. The number of carbonyl (C=O) groups excluding carboxylic acids is 1. The molecule has 4 aromatic carbocycles. The van der Waals surface area contributed by atoms with Crippen molar-refractivity contribution in [3.8, 4) is 23.3 Å². The van der Waals surface area contributed by atoms with E-state index in [1.807, 2.05) is 13.0 Å². The van der Waals surface area contributed by atoms with Gasteiger partial charge in [-0.2, -0.15) is 5.26 Å². The zero-order chi connectivity index (χ0) is 31.6. The third kappa shape index (κ3) is 8.86. The summed E-state index contributed by atoms with van der Waals surface area (Å²) in [5.41, 5.74) is 2.45. The molecule has 0 spiro atoms. The minimum absolute atomic E-state index is 0.00571. The van der Waals surface area contributed by atoms with Gasteiger partial charge in [-0.15, -0.1) is 0 Å². The van der Waals surface area contributed by atoms with E-state index in [0.717, 1.165) is 11.1 Å². The first-order chi connectivity index (χ1) is 21.2. The zero-order valence-corrected chi connectivity index (χ0v) is 26.9. The second-order valence-electron chi connectivity index (χ2n) is 9.15. The molecule has 0 atom stereocenters. The van der Waals surface area contributed by atoms with Crippen molar-refractivity contribution in [1.29, 1.82) is 5.26 Å². The molecule has 0 aliphatic heterocycles. The van der Waals surface area contributed by atoms with Crippen LogP contribution in [-0.4, -0.2) is 17.4 Å².